The predicted octanol–water partition coefficient (Wildman–Crippen LogP) is 6.74. The number of aliphatic hydroxyl groups excluding tert-OH is 1. The molecule has 1 aromatic heterocycles. The highest BCUT2D eigenvalue weighted by Crippen LogP contribution is 2.42. The molecule has 1 amide bonds. The molecule has 1 atom stereocenters. The summed E-state index contributed by atoms with van der Waals surface area (Å²) in [6.07, 6.45) is -0.449. The number of halogens is 1. The van der Waals surface area contributed by atoms with Crippen LogP contribution in [0.3, 0.4) is 0 Å². The lowest BCUT2D eigenvalue weighted by Gasteiger charge is -2.25. The molecule has 1 aliphatic heterocycles. The molecule has 0 saturated carbocycles. The van der Waals surface area contributed by atoms with Gasteiger partial charge >= 0.3 is 6.09 Å². The van der Waals surface area contributed by atoms with Gasteiger partial charge < -0.3 is 20.3 Å². The Labute approximate surface area is 235 Å². The van der Waals surface area contributed by atoms with Crippen molar-refractivity contribution in [1.29, 1.82) is 0 Å². The van der Waals surface area contributed by atoms with Crippen LogP contribution in [0.25, 0.3) is 5.57 Å². The van der Waals surface area contributed by atoms with Crippen molar-refractivity contribution in [2.45, 2.75) is 47.3 Å². The molecule has 8 heteroatoms. The van der Waals surface area contributed by atoms with Crippen LogP contribution in [0.5, 0.6) is 5.75 Å². The third-order valence-corrected chi connectivity index (χ3v) is 6.98. The van der Waals surface area contributed by atoms with Gasteiger partial charge in [0.2, 0.25) is 0 Å². The maximum atomic E-state index is 13.7. The molecular formula is C32H38FN3O4. The molecule has 1 unspecified atom stereocenters. The van der Waals surface area contributed by atoms with E-state index in [0.29, 0.717) is 36.0 Å². The minimum absolute atomic E-state index is 0.201. The van der Waals surface area contributed by atoms with E-state index < -0.39 is 18.0 Å². The highest BCUT2D eigenvalue weighted by Gasteiger charge is 2.35. The number of anilines is 1. The first-order valence-corrected chi connectivity index (χ1v) is 13.5. The van der Waals surface area contributed by atoms with E-state index >= 15 is 0 Å². The van der Waals surface area contributed by atoms with Crippen LogP contribution in [0.4, 0.5) is 15.0 Å². The summed E-state index contributed by atoms with van der Waals surface area (Å²) >= 11 is 0. The standard InChI is InChI=1S/C32H38FN3O4/c1-20(2)19-40-24-12-6-21(7-13-24)16-35-30-28(29(37)22-8-10-23(33)11-9-22)25(14-15-34-30)26-17-36(31(38)39)18-27(26)32(3,4)5/h6-15,20,29,37H,16-19H2,1-5H3,(H,34,35)(H,38,39). The van der Waals surface area contributed by atoms with E-state index in [1.807, 2.05) is 30.3 Å². The monoisotopic (exact) mass is 547 g/mol. The number of aliphatic hydroxyl groups is 1. The number of benzene rings is 2. The van der Waals surface area contributed by atoms with Crippen LogP contribution in [-0.4, -0.2) is 45.9 Å². The van der Waals surface area contributed by atoms with Crippen LogP contribution < -0.4 is 10.1 Å². The Hall–Kier alpha value is -3.91. The average Bonchev–Trinajstić information content (AvgIpc) is 3.38. The Morgan fingerprint density at radius 1 is 1.07 bits per heavy atom. The SMILES string of the molecule is CC(C)COc1ccc(CNc2nccc(C3=C(C(C)(C)C)CN(C(=O)O)C3)c2C(O)c2ccc(F)cc2)cc1. The summed E-state index contributed by atoms with van der Waals surface area (Å²) in [5.41, 5.74) is 4.29. The summed E-state index contributed by atoms with van der Waals surface area (Å²) in [5.74, 6) is 1.31. The number of carboxylic acid groups (broad SMARTS) is 1. The van der Waals surface area contributed by atoms with E-state index in [2.05, 4.69) is 44.9 Å². The zero-order valence-electron chi connectivity index (χ0n) is 23.7. The quantitative estimate of drug-likeness (QED) is 0.275. The third kappa shape index (κ3) is 6.80. The van der Waals surface area contributed by atoms with Gasteiger partial charge in [-0.15, -0.1) is 0 Å². The lowest BCUT2D eigenvalue weighted by atomic mass is 9.81. The zero-order chi connectivity index (χ0) is 29.0. The topological polar surface area (TPSA) is 94.9 Å². The van der Waals surface area contributed by atoms with E-state index in [9.17, 15) is 19.4 Å². The van der Waals surface area contributed by atoms with Gasteiger partial charge in [-0.05, 0) is 69.5 Å². The molecule has 212 valence electrons. The summed E-state index contributed by atoms with van der Waals surface area (Å²) < 4.78 is 19.5. The molecule has 2 heterocycles. The van der Waals surface area contributed by atoms with Gasteiger partial charge in [-0.2, -0.15) is 0 Å². The maximum Gasteiger partial charge on any atom is 0.407 e. The van der Waals surface area contributed by atoms with Crippen LogP contribution in [0.2, 0.25) is 0 Å². The first-order chi connectivity index (χ1) is 18.9. The maximum absolute atomic E-state index is 13.7. The molecule has 0 saturated heterocycles. The molecule has 0 radical (unpaired) electrons. The van der Waals surface area contributed by atoms with Gasteiger partial charge in [0, 0.05) is 31.4 Å². The molecule has 2 aromatic carbocycles. The molecule has 40 heavy (non-hydrogen) atoms. The number of nitrogens with zero attached hydrogens (tertiary/aromatic N) is 2. The van der Waals surface area contributed by atoms with Crippen LogP contribution in [0, 0.1) is 17.2 Å². The smallest absolute Gasteiger partial charge is 0.407 e. The second-order valence-electron chi connectivity index (χ2n) is 11.6. The summed E-state index contributed by atoms with van der Waals surface area (Å²) in [7, 11) is 0. The van der Waals surface area contributed by atoms with Crippen molar-refractivity contribution in [3.63, 3.8) is 0 Å². The molecule has 0 bridgehead atoms. The average molecular weight is 548 g/mol. The number of aromatic nitrogens is 1. The Morgan fingerprint density at radius 2 is 1.75 bits per heavy atom. The van der Waals surface area contributed by atoms with Gasteiger partial charge in [0.05, 0.1) is 6.61 Å². The first kappa shape index (κ1) is 29.1. The van der Waals surface area contributed by atoms with Gasteiger partial charge in [-0.1, -0.05) is 58.9 Å². The first-order valence-electron chi connectivity index (χ1n) is 13.5. The number of amides is 1. The molecule has 4 rings (SSSR count). The number of rotatable bonds is 9. The lowest BCUT2D eigenvalue weighted by molar-refractivity contribution is 0.156. The second-order valence-corrected chi connectivity index (χ2v) is 11.6. The number of pyridine rings is 1. The van der Waals surface area contributed by atoms with Crippen LogP contribution in [-0.2, 0) is 6.54 Å². The van der Waals surface area contributed by atoms with E-state index in [4.69, 9.17) is 4.74 Å². The van der Waals surface area contributed by atoms with Gasteiger partial charge in [-0.3, -0.25) is 4.90 Å². The summed E-state index contributed by atoms with van der Waals surface area (Å²) in [4.78, 5) is 17.9. The van der Waals surface area contributed by atoms with E-state index in [1.165, 1.54) is 17.0 Å². The molecule has 0 fully saturated rings. The highest BCUT2D eigenvalue weighted by molar-refractivity contribution is 5.82. The number of ether oxygens (including phenoxy) is 1. The van der Waals surface area contributed by atoms with Crippen LogP contribution in [0.15, 0.2) is 66.4 Å². The Balaban J connectivity index is 1.73. The Bertz CT molecular complexity index is 1360. The van der Waals surface area contributed by atoms with Gasteiger partial charge in [0.25, 0.3) is 0 Å². The summed E-state index contributed by atoms with van der Waals surface area (Å²) in [6.45, 7) is 11.9. The van der Waals surface area contributed by atoms with Gasteiger partial charge in [0.15, 0.2) is 0 Å². The number of hydrogen-bond acceptors (Lipinski definition) is 5. The second kappa shape index (κ2) is 12.1. The molecule has 7 nitrogen and oxygen atoms in total. The molecule has 3 aromatic rings. The minimum Gasteiger partial charge on any atom is -0.493 e. The lowest BCUT2D eigenvalue weighted by Crippen LogP contribution is -2.28. The highest BCUT2D eigenvalue weighted by atomic mass is 19.1. The van der Waals surface area contributed by atoms with Crippen molar-refractivity contribution in [1.82, 2.24) is 9.88 Å². The Kier molecular flexibility index (Phi) is 8.79. The fraction of sp³-hybridized carbons (Fsp3) is 0.375. The fourth-order valence-corrected chi connectivity index (χ4v) is 4.82. The number of nitrogens with one attached hydrogen (secondary N) is 1. The van der Waals surface area contributed by atoms with Crippen molar-refractivity contribution in [3.8, 4) is 5.75 Å². The van der Waals surface area contributed by atoms with Crippen LogP contribution >= 0.6 is 0 Å². The van der Waals surface area contributed by atoms with E-state index in [-0.39, 0.29) is 18.5 Å². The van der Waals surface area contributed by atoms with E-state index in [0.717, 1.165) is 28.0 Å². The normalized spacial score (nSPS) is 14.6. The largest absolute Gasteiger partial charge is 0.493 e. The van der Waals surface area contributed by atoms with Gasteiger partial charge in [0.1, 0.15) is 23.5 Å². The molecule has 1 aliphatic rings. The third-order valence-electron chi connectivity index (χ3n) is 6.98. The molecule has 3 N–H and O–H groups in total. The Morgan fingerprint density at radius 3 is 2.35 bits per heavy atom. The summed E-state index contributed by atoms with van der Waals surface area (Å²) in [6, 6.07) is 15.4. The van der Waals surface area contributed by atoms with Crippen molar-refractivity contribution >= 4 is 17.5 Å². The molecule has 0 spiro atoms. The van der Waals surface area contributed by atoms with Crippen molar-refractivity contribution in [2.75, 3.05) is 25.0 Å². The van der Waals surface area contributed by atoms with Crippen molar-refractivity contribution in [3.05, 3.63) is 94.4 Å². The predicted molar refractivity (Wildman–Crippen MR) is 155 cm³/mol. The minimum atomic E-state index is -1.12. The zero-order valence-corrected chi connectivity index (χ0v) is 23.7. The van der Waals surface area contributed by atoms with Crippen molar-refractivity contribution in [2.24, 2.45) is 11.3 Å². The molecular weight excluding hydrogens is 509 g/mol. The number of carbonyl (C=O) groups is 1. The number of hydrogen-bond donors (Lipinski definition) is 3. The fourth-order valence-electron chi connectivity index (χ4n) is 4.82. The summed E-state index contributed by atoms with van der Waals surface area (Å²) in [5, 5.41) is 24.8. The van der Waals surface area contributed by atoms with Crippen LogP contribution in [0.1, 0.15) is 63.0 Å². The molecule has 0 aliphatic carbocycles. The van der Waals surface area contributed by atoms with Gasteiger partial charge in [-0.25, -0.2) is 14.2 Å². The van der Waals surface area contributed by atoms with E-state index in [1.54, 1.807) is 18.3 Å². The van der Waals surface area contributed by atoms with Crippen molar-refractivity contribution < 1.29 is 24.1 Å².